The van der Waals surface area contributed by atoms with Crippen molar-refractivity contribution in [3.63, 3.8) is 0 Å². The number of fused-ring (bicyclic) bond motifs is 1. The molecule has 1 aromatic carbocycles. The van der Waals surface area contributed by atoms with E-state index < -0.39 is 11.9 Å². The Morgan fingerprint density at radius 2 is 2.24 bits per heavy atom. The van der Waals surface area contributed by atoms with Crippen molar-refractivity contribution in [2.75, 3.05) is 7.11 Å². The Balaban J connectivity index is 2.53. The van der Waals surface area contributed by atoms with Gasteiger partial charge >= 0.3 is 5.97 Å². The van der Waals surface area contributed by atoms with Gasteiger partial charge in [-0.3, -0.25) is 4.79 Å². The molecule has 0 fully saturated rings. The van der Waals surface area contributed by atoms with Gasteiger partial charge < -0.3 is 9.84 Å². The van der Waals surface area contributed by atoms with Crippen LogP contribution in [0.2, 0.25) is 0 Å². The minimum absolute atomic E-state index is 0.495. The van der Waals surface area contributed by atoms with Gasteiger partial charge in [0.25, 0.3) is 0 Å². The van der Waals surface area contributed by atoms with Gasteiger partial charge in [-0.1, -0.05) is 18.2 Å². The van der Waals surface area contributed by atoms with Crippen molar-refractivity contribution in [3.05, 3.63) is 35.4 Å². The number of hydrogen-bond acceptors (Lipinski definition) is 2. The van der Waals surface area contributed by atoms with Crippen LogP contribution in [0.4, 0.5) is 0 Å². The van der Waals surface area contributed by atoms with Gasteiger partial charge in [-0.2, -0.15) is 0 Å². The molecule has 1 aliphatic carbocycles. The SMILES string of the molecule is COc1cccc2c1C(C(C)C(=O)O)=CCC2. The minimum Gasteiger partial charge on any atom is -0.496 e. The van der Waals surface area contributed by atoms with E-state index in [1.54, 1.807) is 14.0 Å². The van der Waals surface area contributed by atoms with Crippen molar-refractivity contribution in [1.29, 1.82) is 0 Å². The molecule has 1 N–H and O–H groups in total. The Labute approximate surface area is 101 Å². The highest BCUT2D eigenvalue weighted by Gasteiger charge is 2.25. The van der Waals surface area contributed by atoms with Crippen molar-refractivity contribution < 1.29 is 14.6 Å². The quantitative estimate of drug-likeness (QED) is 0.871. The van der Waals surface area contributed by atoms with Crippen LogP contribution in [0, 0.1) is 5.92 Å². The van der Waals surface area contributed by atoms with Crippen LogP contribution in [0.5, 0.6) is 5.75 Å². The molecule has 1 aliphatic rings. The zero-order valence-electron chi connectivity index (χ0n) is 10.1. The number of aliphatic carboxylic acids is 1. The van der Waals surface area contributed by atoms with Crippen molar-refractivity contribution in [2.24, 2.45) is 5.92 Å². The highest BCUT2D eigenvalue weighted by Crippen LogP contribution is 2.37. The van der Waals surface area contributed by atoms with Gasteiger partial charge in [0.1, 0.15) is 5.75 Å². The summed E-state index contributed by atoms with van der Waals surface area (Å²) in [6, 6.07) is 5.87. The summed E-state index contributed by atoms with van der Waals surface area (Å²) < 4.78 is 5.34. The van der Waals surface area contributed by atoms with Gasteiger partial charge in [0.05, 0.1) is 13.0 Å². The van der Waals surface area contributed by atoms with E-state index in [0.29, 0.717) is 0 Å². The normalized spacial score (nSPS) is 15.8. The molecule has 2 rings (SSSR count). The zero-order chi connectivity index (χ0) is 12.4. The Bertz CT molecular complexity index is 474. The summed E-state index contributed by atoms with van der Waals surface area (Å²) in [5.41, 5.74) is 3.02. The molecule has 1 atom stereocenters. The highest BCUT2D eigenvalue weighted by molar-refractivity contribution is 5.89. The maximum Gasteiger partial charge on any atom is 0.310 e. The molecule has 0 amide bonds. The average Bonchev–Trinajstić information content (AvgIpc) is 2.36. The number of carboxylic acids is 1. The van der Waals surface area contributed by atoms with Gasteiger partial charge in [0.2, 0.25) is 0 Å². The summed E-state index contributed by atoms with van der Waals surface area (Å²) in [6.07, 6.45) is 3.86. The lowest BCUT2D eigenvalue weighted by molar-refractivity contribution is -0.139. The number of carbonyl (C=O) groups is 1. The molecule has 0 bridgehead atoms. The summed E-state index contributed by atoms with van der Waals surface area (Å²) in [7, 11) is 1.62. The first-order valence-electron chi connectivity index (χ1n) is 5.74. The minimum atomic E-state index is -0.796. The predicted molar refractivity (Wildman–Crippen MR) is 66.1 cm³/mol. The lowest BCUT2D eigenvalue weighted by Crippen LogP contribution is -2.15. The molecule has 0 heterocycles. The van der Waals surface area contributed by atoms with Crippen molar-refractivity contribution >= 4 is 11.5 Å². The number of carboxylic acid groups (broad SMARTS) is 1. The molecule has 17 heavy (non-hydrogen) atoms. The molecule has 0 saturated carbocycles. The van der Waals surface area contributed by atoms with E-state index in [9.17, 15) is 4.79 Å². The molecule has 3 heteroatoms. The molecule has 0 saturated heterocycles. The van der Waals surface area contributed by atoms with E-state index in [0.717, 1.165) is 29.7 Å². The molecule has 1 unspecified atom stereocenters. The first kappa shape index (κ1) is 11.7. The molecular formula is C14H16O3. The number of benzene rings is 1. The fourth-order valence-corrected chi connectivity index (χ4v) is 2.29. The van der Waals surface area contributed by atoms with Crippen LogP contribution in [0.15, 0.2) is 24.3 Å². The Hall–Kier alpha value is -1.77. The predicted octanol–water partition coefficient (Wildman–Crippen LogP) is 2.75. The van der Waals surface area contributed by atoms with Crippen molar-refractivity contribution in [2.45, 2.75) is 19.8 Å². The molecule has 0 aliphatic heterocycles. The largest absolute Gasteiger partial charge is 0.496 e. The molecule has 0 spiro atoms. The Kier molecular flexibility index (Phi) is 3.18. The van der Waals surface area contributed by atoms with Crippen LogP contribution in [-0.4, -0.2) is 18.2 Å². The molecule has 3 nitrogen and oxygen atoms in total. The third kappa shape index (κ3) is 2.05. The molecule has 1 aromatic rings. The average molecular weight is 232 g/mol. The topological polar surface area (TPSA) is 46.5 Å². The van der Waals surface area contributed by atoms with Gasteiger partial charge in [0, 0.05) is 5.56 Å². The van der Waals surface area contributed by atoms with Gasteiger partial charge in [-0.05, 0) is 37.0 Å². The van der Waals surface area contributed by atoms with Crippen LogP contribution in [0.25, 0.3) is 5.57 Å². The third-order valence-electron chi connectivity index (χ3n) is 3.24. The second-order valence-electron chi connectivity index (χ2n) is 4.25. The number of hydrogen-bond donors (Lipinski definition) is 1. The van der Waals surface area contributed by atoms with Crippen molar-refractivity contribution in [1.82, 2.24) is 0 Å². The first-order chi connectivity index (χ1) is 8.15. The number of aryl methyl sites for hydroxylation is 1. The Morgan fingerprint density at radius 3 is 2.88 bits per heavy atom. The van der Waals surface area contributed by atoms with E-state index >= 15 is 0 Å². The highest BCUT2D eigenvalue weighted by atomic mass is 16.5. The fourth-order valence-electron chi connectivity index (χ4n) is 2.29. The molecule has 0 radical (unpaired) electrons. The van der Waals surface area contributed by atoms with E-state index in [4.69, 9.17) is 9.84 Å². The fraction of sp³-hybridized carbons (Fsp3) is 0.357. The standard InChI is InChI=1S/C14H16O3/c1-9(14(15)16)11-7-3-5-10-6-4-8-12(17-2)13(10)11/h4,6-9H,3,5H2,1-2H3,(H,15,16). The van der Waals surface area contributed by atoms with Crippen LogP contribution >= 0.6 is 0 Å². The monoisotopic (exact) mass is 232 g/mol. The van der Waals surface area contributed by atoms with E-state index in [-0.39, 0.29) is 0 Å². The Morgan fingerprint density at radius 1 is 1.47 bits per heavy atom. The van der Waals surface area contributed by atoms with E-state index in [1.807, 2.05) is 24.3 Å². The maximum atomic E-state index is 11.1. The van der Waals surface area contributed by atoms with E-state index in [2.05, 4.69) is 0 Å². The van der Waals surface area contributed by atoms with Crippen LogP contribution < -0.4 is 4.74 Å². The van der Waals surface area contributed by atoms with Crippen molar-refractivity contribution in [3.8, 4) is 5.75 Å². The second-order valence-corrected chi connectivity index (χ2v) is 4.25. The molecular weight excluding hydrogens is 216 g/mol. The molecule has 90 valence electrons. The number of methoxy groups -OCH3 is 1. The second kappa shape index (κ2) is 4.62. The van der Waals surface area contributed by atoms with Gasteiger partial charge in [-0.15, -0.1) is 0 Å². The number of rotatable bonds is 3. The summed E-state index contributed by atoms with van der Waals surface area (Å²) in [4.78, 5) is 11.1. The lowest BCUT2D eigenvalue weighted by Gasteiger charge is -2.22. The zero-order valence-corrected chi connectivity index (χ0v) is 10.1. The van der Waals surface area contributed by atoms with E-state index in [1.165, 1.54) is 5.56 Å². The van der Waals surface area contributed by atoms with Gasteiger partial charge in [0.15, 0.2) is 0 Å². The summed E-state index contributed by atoms with van der Waals surface area (Å²) in [5.74, 6) is -0.526. The number of ether oxygens (including phenoxy) is 1. The van der Waals surface area contributed by atoms with Crippen LogP contribution in [0.1, 0.15) is 24.5 Å². The third-order valence-corrected chi connectivity index (χ3v) is 3.24. The number of allylic oxidation sites excluding steroid dienone is 1. The maximum absolute atomic E-state index is 11.1. The van der Waals surface area contributed by atoms with Crippen LogP contribution in [0.3, 0.4) is 0 Å². The van der Waals surface area contributed by atoms with Crippen LogP contribution in [-0.2, 0) is 11.2 Å². The lowest BCUT2D eigenvalue weighted by atomic mass is 9.84. The summed E-state index contributed by atoms with van der Waals surface area (Å²) in [6.45, 7) is 1.72. The molecule has 0 aromatic heterocycles. The smallest absolute Gasteiger partial charge is 0.310 e. The summed E-state index contributed by atoms with van der Waals surface area (Å²) in [5, 5.41) is 9.14. The van der Waals surface area contributed by atoms with Gasteiger partial charge in [-0.25, -0.2) is 0 Å². The summed E-state index contributed by atoms with van der Waals surface area (Å²) >= 11 is 0. The first-order valence-corrected chi connectivity index (χ1v) is 5.74.